The molecule has 0 saturated heterocycles. The molecule has 0 aliphatic carbocycles. The fourth-order valence-corrected chi connectivity index (χ4v) is 3.73. The molecule has 0 saturated carbocycles. The van der Waals surface area contributed by atoms with Crippen molar-refractivity contribution in [3.8, 4) is 0 Å². The van der Waals surface area contributed by atoms with E-state index in [1.54, 1.807) is 0 Å². The van der Waals surface area contributed by atoms with E-state index in [4.69, 9.17) is 0 Å². The lowest BCUT2D eigenvalue weighted by molar-refractivity contribution is 0.465. The average molecular weight is 331 g/mol. The molecular formula is C14H23BrN2S. The highest BCUT2D eigenvalue weighted by Crippen LogP contribution is 2.32. The molecule has 1 aromatic rings. The van der Waals surface area contributed by atoms with E-state index in [0.29, 0.717) is 11.3 Å². The number of thioether (sulfide) groups is 1. The SMILES string of the molecule is CCCC(NCC)C(CC)Sc1ncccc1Br. The Labute approximate surface area is 123 Å². The van der Waals surface area contributed by atoms with Crippen LogP contribution < -0.4 is 5.32 Å². The third kappa shape index (κ3) is 4.90. The molecule has 2 atom stereocenters. The van der Waals surface area contributed by atoms with Gasteiger partial charge in [-0.15, -0.1) is 11.8 Å². The maximum absolute atomic E-state index is 4.46. The Bertz CT molecular complexity index is 340. The normalized spacial score (nSPS) is 14.4. The molecule has 1 N–H and O–H groups in total. The second-order valence-corrected chi connectivity index (χ2v) is 6.39. The highest BCUT2D eigenvalue weighted by atomic mass is 79.9. The average Bonchev–Trinajstić information content (AvgIpc) is 2.38. The van der Waals surface area contributed by atoms with E-state index in [0.717, 1.165) is 22.5 Å². The van der Waals surface area contributed by atoms with Crippen LogP contribution in [0.3, 0.4) is 0 Å². The number of nitrogens with one attached hydrogen (secondary N) is 1. The number of hydrogen-bond acceptors (Lipinski definition) is 3. The highest BCUT2D eigenvalue weighted by Gasteiger charge is 2.20. The van der Waals surface area contributed by atoms with Gasteiger partial charge in [-0.1, -0.05) is 27.2 Å². The first-order chi connectivity index (χ1) is 8.72. The summed E-state index contributed by atoms with van der Waals surface area (Å²) in [5.41, 5.74) is 0. The molecule has 2 nitrogen and oxygen atoms in total. The Kier molecular flexibility index (Phi) is 7.95. The Morgan fingerprint density at radius 2 is 2.17 bits per heavy atom. The maximum atomic E-state index is 4.46. The largest absolute Gasteiger partial charge is 0.313 e. The Morgan fingerprint density at radius 1 is 1.39 bits per heavy atom. The topological polar surface area (TPSA) is 24.9 Å². The molecule has 0 aromatic carbocycles. The van der Waals surface area contributed by atoms with Crippen molar-refractivity contribution in [2.45, 2.75) is 56.4 Å². The molecule has 0 fully saturated rings. The van der Waals surface area contributed by atoms with Crippen LogP contribution >= 0.6 is 27.7 Å². The minimum Gasteiger partial charge on any atom is -0.313 e. The molecule has 0 spiro atoms. The number of nitrogens with zero attached hydrogens (tertiary/aromatic N) is 1. The predicted molar refractivity (Wildman–Crippen MR) is 84.2 cm³/mol. The summed E-state index contributed by atoms with van der Waals surface area (Å²) in [5, 5.41) is 5.29. The summed E-state index contributed by atoms with van der Waals surface area (Å²) in [6.07, 6.45) is 5.47. The molecule has 1 aromatic heterocycles. The minimum absolute atomic E-state index is 0.573. The van der Waals surface area contributed by atoms with Gasteiger partial charge in [-0.3, -0.25) is 0 Å². The molecule has 0 radical (unpaired) electrons. The monoisotopic (exact) mass is 330 g/mol. The molecule has 0 bridgehead atoms. The molecule has 4 heteroatoms. The van der Waals surface area contributed by atoms with Crippen LogP contribution in [0.25, 0.3) is 0 Å². The summed E-state index contributed by atoms with van der Waals surface area (Å²) < 4.78 is 1.10. The summed E-state index contributed by atoms with van der Waals surface area (Å²) in [6, 6.07) is 4.59. The first-order valence-electron chi connectivity index (χ1n) is 6.73. The van der Waals surface area contributed by atoms with Gasteiger partial charge in [-0.2, -0.15) is 0 Å². The van der Waals surface area contributed by atoms with Gasteiger partial charge in [-0.25, -0.2) is 4.98 Å². The van der Waals surface area contributed by atoms with Crippen LogP contribution in [0, 0.1) is 0 Å². The number of pyridine rings is 1. The maximum Gasteiger partial charge on any atom is 0.110 e. The smallest absolute Gasteiger partial charge is 0.110 e. The number of rotatable bonds is 8. The summed E-state index contributed by atoms with van der Waals surface area (Å²) in [7, 11) is 0. The van der Waals surface area contributed by atoms with Crippen LogP contribution in [-0.4, -0.2) is 22.8 Å². The fraction of sp³-hybridized carbons (Fsp3) is 0.643. The van der Waals surface area contributed by atoms with Crippen molar-refractivity contribution in [2.75, 3.05) is 6.54 Å². The Morgan fingerprint density at radius 3 is 2.72 bits per heavy atom. The third-order valence-electron chi connectivity index (χ3n) is 2.90. The minimum atomic E-state index is 0.573. The van der Waals surface area contributed by atoms with Gasteiger partial charge in [0.2, 0.25) is 0 Å². The predicted octanol–water partition coefficient (Wildman–Crippen LogP) is 4.49. The van der Waals surface area contributed by atoms with E-state index in [9.17, 15) is 0 Å². The molecule has 2 unspecified atom stereocenters. The van der Waals surface area contributed by atoms with Crippen LogP contribution in [0.1, 0.15) is 40.0 Å². The van der Waals surface area contributed by atoms with Crippen LogP contribution in [0.4, 0.5) is 0 Å². The van der Waals surface area contributed by atoms with Gasteiger partial charge >= 0.3 is 0 Å². The molecule has 102 valence electrons. The van der Waals surface area contributed by atoms with E-state index < -0.39 is 0 Å². The van der Waals surface area contributed by atoms with E-state index in [1.165, 1.54) is 12.8 Å². The van der Waals surface area contributed by atoms with Crippen LogP contribution in [0.5, 0.6) is 0 Å². The zero-order valence-corrected chi connectivity index (χ0v) is 13.9. The van der Waals surface area contributed by atoms with E-state index in [1.807, 2.05) is 24.0 Å². The van der Waals surface area contributed by atoms with Crippen LogP contribution in [-0.2, 0) is 0 Å². The summed E-state index contributed by atoms with van der Waals surface area (Å²) in [6.45, 7) is 7.72. The van der Waals surface area contributed by atoms with Crippen molar-refractivity contribution in [2.24, 2.45) is 0 Å². The van der Waals surface area contributed by atoms with Gasteiger partial charge in [0.1, 0.15) is 5.03 Å². The zero-order valence-electron chi connectivity index (χ0n) is 11.4. The lowest BCUT2D eigenvalue weighted by Crippen LogP contribution is -2.37. The van der Waals surface area contributed by atoms with Crippen molar-refractivity contribution < 1.29 is 0 Å². The van der Waals surface area contributed by atoms with Gasteiger partial charge in [0, 0.05) is 22.0 Å². The van der Waals surface area contributed by atoms with Gasteiger partial charge in [0.05, 0.1) is 0 Å². The molecule has 1 rings (SSSR count). The standard InChI is InChI=1S/C14H23BrN2S/c1-4-8-12(16-6-3)13(5-2)18-14-11(15)9-7-10-17-14/h7,9-10,12-13,16H,4-6,8H2,1-3H3. The summed E-state index contributed by atoms with van der Waals surface area (Å²) in [5.74, 6) is 0. The molecular weight excluding hydrogens is 308 g/mol. The van der Waals surface area contributed by atoms with E-state index in [2.05, 4.69) is 53.1 Å². The number of aromatic nitrogens is 1. The van der Waals surface area contributed by atoms with Crippen molar-refractivity contribution in [1.82, 2.24) is 10.3 Å². The van der Waals surface area contributed by atoms with Crippen molar-refractivity contribution in [1.29, 1.82) is 0 Å². The molecule has 0 amide bonds. The van der Waals surface area contributed by atoms with Crippen molar-refractivity contribution in [3.63, 3.8) is 0 Å². The quantitative estimate of drug-likeness (QED) is 0.710. The highest BCUT2D eigenvalue weighted by molar-refractivity contribution is 9.10. The first kappa shape index (κ1) is 16.0. The second kappa shape index (κ2) is 8.94. The van der Waals surface area contributed by atoms with Gasteiger partial charge in [0.15, 0.2) is 0 Å². The lowest BCUT2D eigenvalue weighted by Gasteiger charge is -2.26. The lowest BCUT2D eigenvalue weighted by atomic mass is 10.1. The Hall–Kier alpha value is -0.0600. The fourth-order valence-electron chi connectivity index (χ4n) is 2.04. The molecule has 0 aliphatic rings. The molecule has 18 heavy (non-hydrogen) atoms. The third-order valence-corrected chi connectivity index (χ3v) is 5.32. The van der Waals surface area contributed by atoms with Crippen molar-refractivity contribution >= 4 is 27.7 Å². The summed E-state index contributed by atoms with van der Waals surface area (Å²) >= 11 is 5.46. The number of halogens is 1. The van der Waals surface area contributed by atoms with E-state index in [-0.39, 0.29) is 0 Å². The van der Waals surface area contributed by atoms with Crippen molar-refractivity contribution in [3.05, 3.63) is 22.8 Å². The molecule has 0 aliphatic heterocycles. The number of hydrogen-bond donors (Lipinski definition) is 1. The van der Waals surface area contributed by atoms with Gasteiger partial charge in [-0.05, 0) is 47.4 Å². The van der Waals surface area contributed by atoms with Crippen LogP contribution in [0.2, 0.25) is 0 Å². The summed E-state index contributed by atoms with van der Waals surface area (Å²) in [4.78, 5) is 4.46. The molecule has 1 heterocycles. The second-order valence-electron chi connectivity index (χ2n) is 4.31. The van der Waals surface area contributed by atoms with Crippen LogP contribution in [0.15, 0.2) is 27.8 Å². The van der Waals surface area contributed by atoms with Gasteiger partial charge < -0.3 is 5.32 Å². The first-order valence-corrected chi connectivity index (χ1v) is 8.40. The zero-order chi connectivity index (χ0) is 13.4. The van der Waals surface area contributed by atoms with Gasteiger partial charge in [0.25, 0.3) is 0 Å². The Balaban J connectivity index is 2.73. The van der Waals surface area contributed by atoms with E-state index >= 15 is 0 Å².